The first-order valence-corrected chi connectivity index (χ1v) is 8.56. The Kier molecular flexibility index (Phi) is 4.37. The van der Waals surface area contributed by atoms with Crippen molar-refractivity contribution in [3.8, 4) is 5.75 Å². The van der Waals surface area contributed by atoms with Crippen LogP contribution >= 0.6 is 0 Å². The first-order valence-electron chi connectivity index (χ1n) is 8.56. The molecule has 1 spiro atoms. The lowest BCUT2D eigenvalue weighted by Crippen LogP contribution is -2.45. The van der Waals surface area contributed by atoms with Gasteiger partial charge in [0, 0.05) is 42.7 Å². The van der Waals surface area contributed by atoms with Crippen LogP contribution in [-0.2, 0) is 9.47 Å². The molecule has 0 N–H and O–H groups in total. The fourth-order valence-corrected chi connectivity index (χ4v) is 4.00. The second-order valence-electron chi connectivity index (χ2n) is 6.61. The van der Waals surface area contributed by atoms with Crippen molar-refractivity contribution in [1.82, 2.24) is 0 Å². The molecule has 0 radical (unpaired) electrons. The Bertz CT molecular complexity index is 664. The highest BCUT2D eigenvalue weighted by Crippen LogP contribution is 2.41. The molecule has 25 heavy (non-hydrogen) atoms. The lowest BCUT2D eigenvalue weighted by Gasteiger charge is -2.42. The number of halogens is 3. The molecule has 1 aromatic carbocycles. The second kappa shape index (κ2) is 6.53. The van der Waals surface area contributed by atoms with E-state index in [-0.39, 0.29) is 6.04 Å². The van der Waals surface area contributed by atoms with Crippen molar-refractivity contribution in [2.75, 3.05) is 24.7 Å². The van der Waals surface area contributed by atoms with E-state index in [1.54, 1.807) is 0 Å². The van der Waals surface area contributed by atoms with Gasteiger partial charge in [-0.25, -0.2) is 4.39 Å². The van der Waals surface area contributed by atoms with Gasteiger partial charge in [-0.05, 0) is 18.9 Å². The summed E-state index contributed by atoms with van der Waals surface area (Å²) in [6, 6.07) is 2.86. The Balaban J connectivity index is 1.55. The Morgan fingerprint density at radius 1 is 1.16 bits per heavy atom. The third kappa shape index (κ3) is 3.22. The van der Waals surface area contributed by atoms with Gasteiger partial charge >= 0.3 is 6.61 Å². The van der Waals surface area contributed by atoms with Crippen LogP contribution in [0.4, 0.5) is 18.9 Å². The molecule has 0 bridgehead atoms. The summed E-state index contributed by atoms with van der Waals surface area (Å²) in [5.74, 6) is -1.64. The fourth-order valence-electron chi connectivity index (χ4n) is 4.00. The molecule has 0 amide bonds. The summed E-state index contributed by atoms with van der Waals surface area (Å²) in [6.45, 7) is -1.13. The normalized spacial score (nSPS) is 22.6. The van der Waals surface area contributed by atoms with Crippen molar-refractivity contribution in [2.45, 2.75) is 44.1 Å². The van der Waals surface area contributed by atoms with Crippen molar-refractivity contribution in [3.63, 3.8) is 0 Å². The predicted octanol–water partition coefficient (Wildman–Crippen LogP) is 3.95. The van der Waals surface area contributed by atoms with E-state index in [1.807, 2.05) is 12.2 Å². The molecule has 2 aliphatic heterocycles. The van der Waals surface area contributed by atoms with Gasteiger partial charge in [0.15, 0.2) is 17.4 Å². The zero-order chi connectivity index (χ0) is 17.4. The van der Waals surface area contributed by atoms with Gasteiger partial charge < -0.3 is 19.1 Å². The average molecular weight is 355 g/mol. The Morgan fingerprint density at radius 2 is 1.88 bits per heavy atom. The average Bonchev–Trinajstić information content (AvgIpc) is 3.04. The molecular weight excluding hydrogens is 335 g/mol. The molecule has 4 rings (SSSR count). The minimum Gasteiger partial charge on any atom is -0.432 e. The lowest BCUT2D eigenvalue weighted by atomic mass is 9.88. The minimum atomic E-state index is -3.05. The predicted molar refractivity (Wildman–Crippen MR) is 86.3 cm³/mol. The molecule has 0 unspecified atom stereocenters. The summed E-state index contributed by atoms with van der Waals surface area (Å²) in [5.41, 5.74) is 1.41. The smallest absolute Gasteiger partial charge is 0.387 e. The third-order valence-electron chi connectivity index (χ3n) is 5.18. The number of alkyl halides is 2. The van der Waals surface area contributed by atoms with Crippen molar-refractivity contribution < 1.29 is 27.4 Å². The SMILES string of the molecule is Fc1cc2c(cc1OC(F)F)N(C1CCC3(CC1)OCCO3)CC=C2. The highest BCUT2D eigenvalue weighted by atomic mass is 19.3. The van der Waals surface area contributed by atoms with Crippen LogP contribution in [0.1, 0.15) is 31.2 Å². The summed E-state index contributed by atoms with van der Waals surface area (Å²) in [5, 5.41) is 0. The number of nitrogens with zero attached hydrogens (tertiary/aromatic N) is 1. The Labute approximate surface area is 144 Å². The van der Waals surface area contributed by atoms with Crippen molar-refractivity contribution in [2.24, 2.45) is 0 Å². The van der Waals surface area contributed by atoms with Crippen LogP contribution in [0.3, 0.4) is 0 Å². The van der Waals surface area contributed by atoms with Crippen LogP contribution in [-0.4, -0.2) is 38.2 Å². The lowest BCUT2D eigenvalue weighted by molar-refractivity contribution is -0.178. The number of hydrogen-bond donors (Lipinski definition) is 0. The quantitative estimate of drug-likeness (QED) is 0.822. The molecule has 1 aromatic rings. The maximum Gasteiger partial charge on any atom is 0.387 e. The van der Waals surface area contributed by atoms with Gasteiger partial charge in [-0.1, -0.05) is 12.2 Å². The van der Waals surface area contributed by atoms with E-state index in [4.69, 9.17) is 9.47 Å². The molecule has 7 heteroatoms. The van der Waals surface area contributed by atoms with Gasteiger partial charge in [-0.2, -0.15) is 8.78 Å². The zero-order valence-corrected chi connectivity index (χ0v) is 13.7. The van der Waals surface area contributed by atoms with Crippen LogP contribution < -0.4 is 9.64 Å². The first kappa shape index (κ1) is 16.7. The van der Waals surface area contributed by atoms with Crippen LogP contribution in [0, 0.1) is 5.82 Å². The number of benzene rings is 1. The molecule has 0 atom stereocenters. The fraction of sp³-hybridized carbons (Fsp3) is 0.556. The van der Waals surface area contributed by atoms with Crippen molar-refractivity contribution in [3.05, 3.63) is 29.6 Å². The maximum absolute atomic E-state index is 14.0. The highest BCUT2D eigenvalue weighted by molar-refractivity contribution is 5.73. The van der Waals surface area contributed by atoms with E-state index < -0.39 is 24.0 Å². The largest absolute Gasteiger partial charge is 0.432 e. The standard InChI is InChI=1S/C18H20F3NO3/c19-14-10-12-2-1-7-22(15(12)11-16(14)25-17(20)21)13-3-5-18(6-4-13)23-8-9-24-18/h1-2,10-11,13,17H,3-9H2. The van der Waals surface area contributed by atoms with Crippen molar-refractivity contribution >= 4 is 11.8 Å². The molecule has 136 valence electrons. The van der Waals surface area contributed by atoms with Crippen LogP contribution in [0.15, 0.2) is 18.2 Å². The number of ether oxygens (including phenoxy) is 3. The summed E-state index contributed by atoms with van der Waals surface area (Å²) < 4.78 is 54.8. The van der Waals surface area contributed by atoms with E-state index in [1.165, 1.54) is 12.1 Å². The van der Waals surface area contributed by atoms with E-state index in [0.29, 0.717) is 25.3 Å². The number of fused-ring (bicyclic) bond motifs is 1. The third-order valence-corrected chi connectivity index (χ3v) is 5.18. The molecule has 3 aliphatic rings. The van der Waals surface area contributed by atoms with E-state index in [9.17, 15) is 13.2 Å². The van der Waals surface area contributed by atoms with E-state index >= 15 is 0 Å². The van der Waals surface area contributed by atoms with Crippen molar-refractivity contribution in [1.29, 1.82) is 0 Å². The summed E-state index contributed by atoms with van der Waals surface area (Å²) in [4.78, 5) is 2.13. The molecule has 2 heterocycles. The number of anilines is 1. The highest BCUT2D eigenvalue weighted by Gasteiger charge is 2.42. The van der Waals surface area contributed by atoms with Gasteiger partial charge in [-0.15, -0.1) is 0 Å². The van der Waals surface area contributed by atoms with E-state index in [2.05, 4.69) is 9.64 Å². The molecule has 0 aromatic heterocycles. The molecule has 1 saturated heterocycles. The Morgan fingerprint density at radius 3 is 2.56 bits per heavy atom. The molecule has 2 fully saturated rings. The van der Waals surface area contributed by atoms with Gasteiger partial charge in [0.25, 0.3) is 0 Å². The minimum absolute atomic E-state index is 0.229. The van der Waals surface area contributed by atoms with Crippen LogP contribution in [0.25, 0.3) is 6.08 Å². The zero-order valence-electron chi connectivity index (χ0n) is 13.7. The van der Waals surface area contributed by atoms with Gasteiger partial charge in [0.05, 0.1) is 13.2 Å². The van der Waals surface area contributed by atoms with Crippen LogP contribution in [0.5, 0.6) is 5.75 Å². The van der Waals surface area contributed by atoms with Gasteiger partial charge in [-0.3, -0.25) is 0 Å². The van der Waals surface area contributed by atoms with E-state index in [0.717, 1.165) is 31.4 Å². The Hall–Kier alpha value is -1.73. The molecule has 1 saturated carbocycles. The molecule has 1 aliphatic carbocycles. The topological polar surface area (TPSA) is 30.9 Å². The van der Waals surface area contributed by atoms with Crippen LogP contribution in [0.2, 0.25) is 0 Å². The summed E-state index contributed by atoms with van der Waals surface area (Å²) >= 11 is 0. The number of hydrogen-bond acceptors (Lipinski definition) is 4. The summed E-state index contributed by atoms with van der Waals surface area (Å²) in [6.07, 6.45) is 7.12. The molecular formula is C18H20F3NO3. The van der Waals surface area contributed by atoms with Gasteiger partial charge in [0.1, 0.15) is 0 Å². The second-order valence-corrected chi connectivity index (χ2v) is 6.61. The maximum atomic E-state index is 14.0. The summed E-state index contributed by atoms with van der Waals surface area (Å²) in [7, 11) is 0. The monoisotopic (exact) mass is 355 g/mol. The first-order chi connectivity index (χ1) is 12.1. The van der Waals surface area contributed by atoms with Gasteiger partial charge in [0.2, 0.25) is 0 Å². The molecule has 4 nitrogen and oxygen atoms in total. The number of rotatable bonds is 3.